The number of hydrogen-bond acceptors (Lipinski definition) is 6. The molecule has 1 heterocycles. The van der Waals surface area contributed by atoms with Crippen molar-refractivity contribution in [3.8, 4) is 5.75 Å². The fourth-order valence-corrected chi connectivity index (χ4v) is 2.71. The molecule has 0 spiro atoms. The van der Waals surface area contributed by atoms with Gasteiger partial charge in [0.1, 0.15) is 5.75 Å². The van der Waals surface area contributed by atoms with E-state index in [0.717, 1.165) is 16.9 Å². The van der Waals surface area contributed by atoms with Gasteiger partial charge in [0.2, 0.25) is 5.91 Å². The van der Waals surface area contributed by atoms with E-state index in [4.69, 9.17) is 10.2 Å². The molecule has 0 aliphatic heterocycles. The van der Waals surface area contributed by atoms with Crippen LogP contribution < -0.4 is 5.32 Å². The molecule has 0 bridgehead atoms. The third-order valence-corrected chi connectivity index (χ3v) is 3.98. The number of rotatable bonds is 5. The van der Waals surface area contributed by atoms with E-state index in [1.165, 1.54) is 0 Å². The first kappa shape index (κ1) is 15.4. The van der Waals surface area contributed by atoms with Crippen LogP contribution >= 0.6 is 11.3 Å². The Bertz CT molecular complexity index is 640. The summed E-state index contributed by atoms with van der Waals surface area (Å²) >= 11 is 1.04. The van der Waals surface area contributed by atoms with Gasteiger partial charge in [-0.15, -0.1) is 0 Å². The number of aliphatic hydroxyl groups excluding tert-OH is 1. The molecule has 2 aromatic rings. The quantitative estimate of drug-likeness (QED) is 0.630. The maximum Gasteiger partial charge on any atom is 0.226 e. The molecular weight excluding hydrogens is 292 g/mol. The summed E-state index contributed by atoms with van der Waals surface area (Å²) in [6.45, 7) is 1.65. The summed E-state index contributed by atoms with van der Waals surface area (Å²) in [5.74, 6) is -0.0453. The predicted octanol–water partition coefficient (Wildman–Crippen LogP) is 1.71. The lowest BCUT2D eigenvalue weighted by molar-refractivity contribution is -0.116. The second-order valence-corrected chi connectivity index (χ2v) is 5.59. The zero-order valence-corrected chi connectivity index (χ0v) is 12.2. The number of aliphatic hydroxyl groups is 2. The lowest BCUT2D eigenvalue weighted by Crippen LogP contribution is -2.12. The van der Waals surface area contributed by atoms with Gasteiger partial charge in [-0.05, 0) is 31.0 Å². The summed E-state index contributed by atoms with van der Waals surface area (Å²) in [6, 6.07) is 6.74. The summed E-state index contributed by atoms with van der Waals surface area (Å²) in [5.41, 5.74) is 1.35. The van der Waals surface area contributed by atoms with Gasteiger partial charge in [0.25, 0.3) is 0 Å². The van der Waals surface area contributed by atoms with Crippen LogP contribution in [0, 0.1) is 6.92 Å². The minimum atomic E-state index is -1.58. The van der Waals surface area contributed by atoms with Crippen molar-refractivity contribution in [2.24, 2.45) is 0 Å². The monoisotopic (exact) mass is 308 g/mol. The molecule has 21 heavy (non-hydrogen) atoms. The fraction of sp³-hybridized carbons (Fsp3) is 0.286. The Labute approximate surface area is 125 Å². The number of carbonyl (C=O) groups is 1. The van der Waals surface area contributed by atoms with Gasteiger partial charge in [-0.2, -0.15) is 0 Å². The minimum Gasteiger partial charge on any atom is -0.508 e. The summed E-state index contributed by atoms with van der Waals surface area (Å²) in [7, 11) is 0. The maximum absolute atomic E-state index is 11.8. The Morgan fingerprint density at radius 2 is 2.19 bits per heavy atom. The summed E-state index contributed by atoms with van der Waals surface area (Å²) in [4.78, 5) is 16.2. The Morgan fingerprint density at radius 3 is 2.81 bits per heavy atom. The molecule has 0 radical (unpaired) electrons. The molecular formula is C14H16N2O4S. The van der Waals surface area contributed by atoms with E-state index in [1.54, 1.807) is 25.1 Å². The zero-order chi connectivity index (χ0) is 15.4. The van der Waals surface area contributed by atoms with Gasteiger partial charge >= 0.3 is 0 Å². The highest BCUT2D eigenvalue weighted by molar-refractivity contribution is 7.15. The van der Waals surface area contributed by atoms with Gasteiger partial charge in [-0.25, -0.2) is 4.98 Å². The highest BCUT2D eigenvalue weighted by Gasteiger charge is 2.14. The number of phenols is 1. The summed E-state index contributed by atoms with van der Waals surface area (Å²) in [6.07, 6.45) is -0.834. The number of aryl methyl sites for hydroxylation is 2. The molecule has 2 rings (SSSR count). The third-order valence-electron chi connectivity index (χ3n) is 2.86. The van der Waals surface area contributed by atoms with Crippen LogP contribution in [-0.4, -0.2) is 26.2 Å². The van der Waals surface area contributed by atoms with Crippen molar-refractivity contribution in [3.05, 3.63) is 40.4 Å². The number of aromatic hydroxyl groups is 1. The Kier molecular flexibility index (Phi) is 4.89. The molecule has 0 saturated carbocycles. The Hall–Kier alpha value is -1.96. The van der Waals surface area contributed by atoms with E-state index in [-0.39, 0.29) is 18.1 Å². The van der Waals surface area contributed by atoms with Gasteiger partial charge in [-0.1, -0.05) is 23.5 Å². The Balaban J connectivity index is 1.91. The average molecular weight is 308 g/mol. The number of nitrogens with one attached hydrogen (secondary N) is 1. The third kappa shape index (κ3) is 4.25. The van der Waals surface area contributed by atoms with E-state index < -0.39 is 6.29 Å². The van der Waals surface area contributed by atoms with E-state index in [0.29, 0.717) is 22.1 Å². The molecule has 1 amide bonds. The molecule has 0 saturated heterocycles. The number of nitrogens with zero attached hydrogens (tertiary/aromatic N) is 1. The van der Waals surface area contributed by atoms with Crippen LogP contribution in [0.1, 0.15) is 28.8 Å². The number of thiazole rings is 1. The molecule has 0 aliphatic carbocycles. The minimum absolute atomic E-state index is 0.171. The van der Waals surface area contributed by atoms with E-state index >= 15 is 0 Å². The molecule has 0 fully saturated rings. The number of amides is 1. The lowest BCUT2D eigenvalue weighted by atomic mass is 10.1. The van der Waals surface area contributed by atoms with Crippen LogP contribution in [0.15, 0.2) is 24.3 Å². The first-order valence-corrected chi connectivity index (χ1v) is 7.18. The number of phenolic OH excluding ortho intramolecular Hbond substituents is 1. The molecule has 1 aromatic carbocycles. The van der Waals surface area contributed by atoms with Crippen LogP contribution in [0.4, 0.5) is 5.13 Å². The van der Waals surface area contributed by atoms with Crippen LogP contribution in [0.2, 0.25) is 0 Å². The van der Waals surface area contributed by atoms with Crippen molar-refractivity contribution >= 4 is 22.4 Å². The molecule has 0 unspecified atom stereocenters. The van der Waals surface area contributed by atoms with Gasteiger partial charge in [-0.3, -0.25) is 4.79 Å². The van der Waals surface area contributed by atoms with Gasteiger partial charge < -0.3 is 20.6 Å². The van der Waals surface area contributed by atoms with Crippen LogP contribution in [0.25, 0.3) is 0 Å². The molecule has 6 nitrogen and oxygen atoms in total. The fourth-order valence-electron chi connectivity index (χ4n) is 1.85. The molecule has 112 valence electrons. The lowest BCUT2D eigenvalue weighted by Gasteiger charge is -2.03. The number of benzene rings is 1. The standard InChI is InChI=1S/C14H16N2O4S/c1-8-12(13(19)20)21-14(15-8)16-11(18)6-5-9-3-2-4-10(17)7-9/h2-4,7,13,17,19-20H,5-6H2,1H3,(H,15,16,18). The second-order valence-electron chi connectivity index (χ2n) is 4.56. The SMILES string of the molecule is Cc1nc(NC(=O)CCc2cccc(O)c2)sc1C(O)O. The van der Waals surface area contributed by atoms with Crippen molar-refractivity contribution in [1.29, 1.82) is 0 Å². The van der Waals surface area contributed by atoms with Crippen LogP contribution in [0.3, 0.4) is 0 Å². The van der Waals surface area contributed by atoms with Crippen molar-refractivity contribution in [1.82, 2.24) is 4.98 Å². The molecule has 7 heteroatoms. The molecule has 0 aliphatic rings. The van der Waals surface area contributed by atoms with Crippen molar-refractivity contribution in [2.45, 2.75) is 26.1 Å². The Morgan fingerprint density at radius 1 is 1.43 bits per heavy atom. The number of aromatic nitrogens is 1. The maximum atomic E-state index is 11.8. The summed E-state index contributed by atoms with van der Waals surface area (Å²) < 4.78 is 0. The largest absolute Gasteiger partial charge is 0.508 e. The number of hydrogen-bond donors (Lipinski definition) is 4. The van der Waals surface area contributed by atoms with E-state index in [1.807, 2.05) is 6.07 Å². The van der Waals surface area contributed by atoms with Crippen molar-refractivity contribution < 1.29 is 20.1 Å². The van der Waals surface area contributed by atoms with Crippen LogP contribution in [0.5, 0.6) is 5.75 Å². The first-order chi connectivity index (χ1) is 9.95. The predicted molar refractivity (Wildman–Crippen MR) is 79.1 cm³/mol. The topological polar surface area (TPSA) is 103 Å². The van der Waals surface area contributed by atoms with Crippen LogP contribution in [-0.2, 0) is 11.2 Å². The molecule has 4 N–H and O–H groups in total. The second kappa shape index (κ2) is 6.66. The number of anilines is 1. The zero-order valence-electron chi connectivity index (χ0n) is 11.4. The van der Waals surface area contributed by atoms with Gasteiger partial charge in [0.05, 0.1) is 10.6 Å². The smallest absolute Gasteiger partial charge is 0.226 e. The average Bonchev–Trinajstić information content (AvgIpc) is 2.77. The molecule has 0 atom stereocenters. The highest BCUT2D eigenvalue weighted by atomic mass is 32.1. The highest BCUT2D eigenvalue weighted by Crippen LogP contribution is 2.27. The summed E-state index contributed by atoms with van der Waals surface area (Å²) in [5, 5.41) is 30.6. The number of carbonyl (C=O) groups excluding carboxylic acids is 1. The van der Waals surface area contributed by atoms with Gasteiger partial charge in [0, 0.05) is 6.42 Å². The first-order valence-electron chi connectivity index (χ1n) is 6.37. The molecule has 1 aromatic heterocycles. The van der Waals surface area contributed by atoms with Crippen molar-refractivity contribution in [3.63, 3.8) is 0 Å². The van der Waals surface area contributed by atoms with E-state index in [2.05, 4.69) is 10.3 Å². The van der Waals surface area contributed by atoms with Gasteiger partial charge in [0.15, 0.2) is 11.4 Å². The van der Waals surface area contributed by atoms with E-state index in [9.17, 15) is 9.90 Å². The van der Waals surface area contributed by atoms with Crippen molar-refractivity contribution in [2.75, 3.05) is 5.32 Å². The normalized spacial score (nSPS) is 10.9.